The first-order valence-corrected chi connectivity index (χ1v) is 7.65. The second kappa shape index (κ2) is 8.11. The van der Waals surface area contributed by atoms with Crippen LogP contribution in [0.2, 0.25) is 0 Å². The molecule has 0 radical (unpaired) electrons. The summed E-state index contributed by atoms with van der Waals surface area (Å²) in [7, 11) is 0. The molecule has 9 heteroatoms. The predicted molar refractivity (Wildman–Crippen MR) is 80.6 cm³/mol. The van der Waals surface area contributed by atoms with Crippen LogP contribution in [0.4, 0.5) is 13.2 Å². The number of rotatable bonds is 7. The number of nitrogens with one attached hydrogen (secondary N) is 1. The minimum Gasteiger partial charge on any atom is -0.378 e. The van der Waals surface area contributed by atoms with Crippen LogP contribution in [0.1, 0.15) is 28.8 Å². The van der Waals surface area contributed by atoms with Gasteiger partial charge in [-0.15, -0.1) is 0 Å². The van der Waals surface area contributed by atoms with Crippen LogP contribution in [-0.2, 0) is 20.5 Å². The van der Waals surface area contributed by atoms with Crippen LogP contribution < -0.4 is 5.32 Å². The zero-order valence-corrected chi connectivity index (χ0v) is 13.3. The van der Waals surface area contributed by atoms with Gasteiger partial charge in [-0.1, -0.05) is 6.07 Å². The van der Waals surface area contributed by atoms with E-state index >= 15 is 0 Å². The zero-order chi connectivity index (χ0) is 18.4. The van der Waals surface area contributed by atoms with Gasteiger partial charge in [-0.25, -0.2) is 0 Å². The fourth-order valence-electron chi connectivity index (χ4n) is 2.31. The van der Waals surface area contributed by atoms with Gasteiger partial charge in [0.15, 0.2) is 0 Å². The summed E-state index contributed by atoms with van der Waals surface area (Å²) >= 11 is 0. The standard InChI is InChI=1S/C16H17F3N2O4/c17-16(18,19)12-3-1-2-11(10-12)15(24)20-6-8-25-9-7-21-13(22)4-5-14(21)23/h1-3,10H,4-9H2,(H,20,24). The lowest BCUT2D eigenvalue weighted by Gasteiger charge is -2.13. The summed E-state index contributed by atoms with van der Waals surface area (Å²) < 4.78 is 43.0. The first-order chi connectivity index (χ1) is 11.8. The van der Waals surface area contributed by atoms with E-state index in [1.807, 2.05) is 0 Å². The van der Waals surface area contributed by atoms with Crippen LogP contribution in [0, 0.1) is 0 Å². The maximum atomic E-state index is 12.6. The molecule has 1 aromatic carbocycles. The largest absolute Gasteiger partial charge is 0.416 e. The Labute approximate surface area is 141 Å². The summed E-state index contributed by atoms with van der Waals surface area (Å²) in [5.41, 5.74) is -0.987. The first kappa shape index (κ1) is 18.9. The number of amides is 3. The summed E-state index contributed by atoms with van der Waals surface area (Å²) in [5.74, 6) is -1.10. The van der Waals surface area contributed by atoms with Crippen LogP contribution in [0.5, 0.6) is 0 Å². The highest BCUT2D eigenvalue weighted by Crippen LogP contribution is 2.29. The molecule has 0 aliphatic carbocycles. The van der Waals surface area contributed by atoms with E-state index in [-0.39, 0.29) is 56.5 Å². The lowest BCUT2D eigenvalue weighted by atomic mass is 10.1. The predicted octanol–water partition coefficient (Wildman–Crippen LogP) is 1.60. The Morgan fingerprint density at radius 2 is 1.84 bits per heavy atom. The average molecular weight is 358 g/mol. The van der Waals surface area contributed by atoms with Crippen molar-refractivity contribution < 1.29 is 32.3 Å². The third-order valence-electron chi connectivity index (χ3n) is 3.60. The maximum absolute atomic E-state index is 12.6. The van der Waals surface area contributed by atoms with Gasteiger partial charge in [-0.05, 0) is 18.2 Å². The second-order valence-electron chi connectivity index (χ2n) is 5.39. The van der Waals surface area contributed by atoms with Gasteiger partial charge in [-0.2, -0.15) is 13.2 Å². The number of nitrogens with zero attached hydrogens (tertiary/aromatic N) is 1. The molecule has 3 amide bonds. The van der Waals surface area contributed by atoms with E-state index < -0.39 is 17.6 Å². The Bertz CT molecular complexity index is 645. The number of hydrogen-bond donors (Lipinski definition) is 1. The van der Waals surface area contributed by atoms with Crippen molar-refractivity contribution in [3.05, 3.63) is 35.4 Å². The number of imide groups is 1. The van der Waals surface area contributed by atoms with Gasteiger partial charge in [0.05, 0.1) is 25.3 Å². The molecule has 136 valence electrons. The van der Waals surface area contributed by atoms with Gasteiger partial charge in [0.2, 0.25) is 11.8 Å². The molecule has 1 aliphatic rings. The Balaban J connectivity index is 1.69. The molecular weight excluding hydrogens is 341 g/mol. The highest BCUT2D eigenvalue weighted by molar-refractivity contribution is 6.01. The number of alkyl halides is 3. The number of hydrogen-bond acceptors (Lipinski definition) is 4. The van der Waals surface area contributed by atoms with E-state index in [9.17, 15) is 27.6 Å². The van der Waals surface area contributed by atoms with Crippen molar-refractivity contribution in [3.8, 4) is 0 Å². The lowest BCUT2D eigenvalue weighted by molar-refractivity contribution is -0.139. The van der Waals surface area contributed by atoms with Crippen molar-refractivity contribution in [2.24, 2.45) is 0 Å². The SMILES string of the molecule is O=C(NCCOCCN1C(=O)CCC1=O)c1cccc(C(F)(F)F)c1. The van der Waals surface area contributed by atoms with Gasteiger partial charge in [0.1, 0.15) is 0 Å². The number of carbonyl (C=O) groups excluding carboxylic acids is 3. The molecule has 6 nitrogen and oxygen atoms in total. The number of benzene rings is 1. The molecule has 0 atom stereocenters. The van der Waals surface area contributed by atoms with E-state index in [1.54, 1.807) is 0 Å². The van der Waals surface area contributed by atoms with Crippen molar-refractivity contribution in [1.29, 1.82) is 0 Å². The van der Waals surface area contributed by atoms with Gasteiger partial charge in [0, 0.05) is 24.9 Å². The Morgan fingerprint density at radius 3 is 2.48 bits per heavy atom. The van der Waals surface area contributed by atoms with E-state index in [0.717, 1.165) is 23.1 Å². The first-order valence-electron chi connectivity index (χ1n) is 7.65. The normalized spacial score (nSPS) is 14.9. The van der Waals surface area contributed by atoms with Gasteiger partial charge in [0.25, 0.3) is 5.91 Å². The minimum atomic E-state index is -4.51. The fraction of sp³-hybridized carbons (Fsp3) is 0.438. The highest BCUT2D eigenvalue weighted by atomic mass is 19.4. The molecule has 0 aromatic heterocycles. The molecule has 0 bridgehead atoms. The topological polar surface area (TPSA) is 75.7 Å². The lowest BCUT2D eigenvalue weighted by Crippen LogP contribution is -2.33. The molecular formula is C16H17F3N2O4. The van der Waals surface area contributed by atoms with Crippen molar-refractivity contribution in [2.45, 2.75) is 19.0 Å². The van der Waals surface area contributed by atoms with Crippen LogP contribution in [0.15, 0.2) is 24.3 Å². The van der Waals surface area contributed by atoms with Crippen LogP contribution in [-0.4, -0.2) is 48.9 Å². The molecule has 1 saturated heterocycles. The van der Waals surface area contributed by atoms with E-state index in [1.165, 1.54) is 6.07 Å². The second-order valence-corrected chi connectivity index (χ2v) is 5.39. The van der Waals surface area contributed by atoms with Crippen LogP contribution in [0.25, 0.3) is 0 Å². The highest BCUT2D eigenvalue weighted by Gasteiger charge is 2.31. The molecule has 0 unspecified atom stereocenters. The molecule has 1 aromatic rings. The Morgan fingerprint density at radius 1 is 1.16 bits per heavy atom. The van der Waals surface area contributed by atoms with Crippen molar-refractivity contribution >= 4 is 17.7 Å². The van der Waals surface area contributed by atoms with E-state index in [0.29, 0.717) is 0 Å². The third-order valence-corrected chi connectivity index (χ3v) is 3.60. The van der Waals surface area contributed by atoms with Crippen molar-refractivity contribution in [1.82, 2.24) is 10.2 Å². The monoisotopic (exact) mass is 358 g/mol. The molecule has 1 fully saturated rings. The smallest absolute Gasteiger partial charge is 0.378 e. The fourth-order valence-corrected chi connectivity index (χ4v) is 2.31. The third kappa shape index (κ3) is 5.28. The van der Waals surface area contributed by atoms with Crippen molar-refractivity contribution in [3.63, 3.8) is 0 Å². The summed E-state index contributed by atoms with van der Waals surface area (Å²) in [6.07, 6.45) is -4.08. The summed E-state index contributed by atoms with van der Waals surface area (Å²) in [6, 6.07) is 4.12. The average Bonchev–Trinajstić information content (AvgIpc) is 2.88. The summed E-state index contributed by atoms with van der Waals surface area (Å²) in [4.78, 5) is 35.7. The number of halogens is 3. The molecule has 0 spiro atoms. The van der Waals surface area contributed by atoms with Crippen LogP contribution in [0.3, 0.4) is 0 Å². The van der Waals surface area contributed by atoms with Crippen LogP contribution >= 0.6 is 0 Å². The zero-order valence-electron chi connectivity index (χ0n) is 13.3. The van der Waals surface area contributed by atoms with Crippen molar-refractivity contribution in [2.75, 3.05) is 26.3 Å². The molecule has 1 heterocycles. The Hall–Kier alpha value is -2.42. The van der Waals surface area contributed by atoms with E-state index in [4.69, 9.17) is 4.74 Å². The quantitative estimate of drug-likeness (QED) is 0.593. The van der Waals surface area contributed by atoms with E-state index in [2.05, 4.69) is 5.32 Å². The van der Waals surface area contributed by atoms with Gasteiger partial charge >= 0.3 is 6.18 Å². The minimum absolute atomic E-state index is 0.0942. The summed E-state index contributed by atoms with van der Waals surface area (Å²) in [6.45, 7) is 0.494. The molecule has 0 saturated carbocycles. The number of likely N-dealkylation sites (tertiary alicyclic amines) is 1. The maximum Gasteiger partial charge on any atom is 0.416 e. The summed E-state index contributed by atoms with van der Waals surface area (Å²) in [5, 5.41) is 2.44. The van der Waals surface area contributed by atoms with Gasteiger partial charge < -0.3 is 10.1 Å². The molecule has 1 N–H and O–H groups in total. The number of carbonyl (C=O) groups is 3. The number of ether oxygens (including phenoxy) is 1. The molecule has 25 heavy (non-hydrogen) atoms. The molecule has 2 rings (SSSR count). The van der Waals surface area contributed by atoms with Gasteiger partial charge in [-0.3, -0.25) is 19.3 Å². The molecule has 1 aliphatic heterocycles. The Kier molecular flexibility index (Phi) is 6.13.